The minimum atomic E-state index is 0.175. The minimum Gasteiger partial charge on any atom is -0.395 e. The molecule has 0 aliphatic rings. The first-order chi connectivity index (χ1) is 5.85. The number of hydrogen-bond donors (Lipinski definition) is 2. The van der Waals surface area contributed by atoms with Gasteiger partial charge in [0.05, 0.1) is 6.61 Å². The van der Waals surface area contributed by atoms with E-state index in [-0.39, 0.29) is 6.61 Å². The zero-order valence-electron chi connectivity index (χ0n) is 7.59. The van der Waals surface area contributed by atoms with Gasteiger partial charge in [-0.25, -0.2) is 0 Å². The molecule has 0 atom stereocenters. The first kappa shape index (κ1) is 11.1. The van der Waals surface area contributed by atoms with Crippen molar-refractivity contribution in [2.75, 3.05) is 19.7 Å². The summed E-state index contributed by atoms with van der Waals surface area (Å²) < 4.78 is 0. The Balaban J connectivity index is 3.74. The van der Waals surface area contributed by atoms with E-state index in [2.05, 4.69) is 11.9 Å². The molecule has 2 nitrogen and oxygen atoms in total. The fraction of sp³-hybridized carbons (Fsp3) is 0.400. The van der Waals surface area contributed by atoms with Crippen LogP contribution in [0.2, 0.25) is 0 Å². The summed E-state index contributed by atoms with van der Waals surface area (Å²) >= 11 is 0. The van der Waals surface area contributed by atoms with Gasteiger partial charge in [0.25, 0.3) is 0 Å². The Bertz CT molecular complexity index is 171. The molecule has 0 aliphatic carbocycles. The van der Waals surface area contributed by atoms with Crippen LogP contribution in [-0.2, 0) is 0 Å². The Morgan fingerprint density at radius 2 is 2.33 bits per heavy atom. The average Bonchev–Trinajstić information content (AvgIpc) is 2.11. The standard InChI is InChI=1S/C10H17NO/c1-3-5-6-10(4-2)9-11-7-8-12/h3-6,11-12H,2,7-9H2,1H3/b5-3-,10-6+. The number of hydrogen-bond acceptors (Lipinski definition) is 2. The summed E-state index contributed by atoms with van der Waals surface area (Å²) in [6, 6.07) is 0. The molecule has 0 aromatic rings. The number of rotatable bonds is 6. The second kappa shape index (κ2) is 8.24. The third-order valence-electron chi connectivity index (χ3n) is 1.38. The molecule has 0 aliphatic heterocycles. The SMILES string of the molecule is C=C/C(=C\C=C/C)CNCCO. The van der Waals surface area contributed by atoms with E-state index in [1.165, 1.54) is 0 Å². The summed E-state index contributed by atoms with van der Waals surface area (Å²) in [6.45, 7) is 7.22. The van der Waals surface area contributed by atoms with Gasteiger partial charge in [0, 0.05) is 13.1 Å². The lowest BCUT2D eigenvalue weighted by molar-refractivity contribution is 0.294. The zero-order chi connectivity index (χ0) is 9.23. The van der Waals surface area contributed by atoms with Gasteiger partial charge in [0.2, 0.25) is 0 Å². The monoisotopic (exact) mass is 167 g/mol. The van der Waals surface area contributed by atoms with Crippen molar-refractivity contribution in [1.82, 2.24) is 5.32 Å². The lowest BCUT2D eigenvalue weighted by atomic mass is 10.2. The van der Waals surface area contributed by atoms with Crippen LogP contribution in [0.25, 0.3) is 0 Å². The molecular formula is C10H17NO. The first-order valence-corrected chi connectivity index (χ1v) is 4.11. The highest BCUT2D eigenvalue weighted by atomic mass is 16.3. The van der Waals surface area contributed by atoms with Crippen molar-refractivity contribution in [2.45, 2.75) is 6.92 Å². The van der Waals surface area contributed by atoms with Crippen LogP contribution in [0.4, 0.5) is 0 Å². The normalized spacial score (nSPS) is 12.3. The molecule has 0 unspecified atom stereocenters. The van der Waals surface area contributed by atoms with E-state index >= 15 is 0 Å². The van der Waals surface area contributed by atoms with Gasteiger partial charge in [-0.2, -0.15) is 0 Å². The van der Waals surface area contributed by atoms with Crippen molar-refractivity contribution in [1.29, 1.82) is 0 Å². The lowest BCUT2D eigenvalue weighted by Gasteiger charge is -2.01. The van der Waals surface area contributed by atoms with Gasteiger partial charge >= 0.3 is 0 Å². The third kappa shape index (κ3) is 5.89. The molecule has 68 valence electrons. The molecule has 0 amide bonds. The molecule has 12 heavy (non-hydrogen) atoms. The molecular weight excluding hydrogens is 150 g/mol. The number of nitrogens with one attached hydrogen (secondary N) is 1. The van der Waals surface area contributed by atoms with Crippen LogP contribution in [0.5, 0.6) is 0 Å². The molecule has 0 fully saturated rings. The number of allylic oxidation sites excluding steroid dienone is 3. The Hall–Kier alpha value is -0.860. The number of aliphatic hydroxyl groups is 1. The predicted octanol–water partition coefficient (Wildman–Crippen LogP) is 1.26. The Morgan fingerprint density at radius 3 is 2.83 bits per heavy atom. The molecule has 2 N–H and O–H groups in total. The van der Waals surface area contributed by atoms with Crippen LogP contribution in [0, 0.1) is 0 Å². The molecule has 0 spiro atoms. The third-order valence-corrected chi connectivity index (χ3v) is 1.38. The van der Waals surface area contributed by atoms with Crippen LogP contribution in [0.3, 0.4) is 0 Å². The maximum absolute atomic E-state index is 8.51. The van der Waals surface area contributed by atoms with Crippen LogP contribution in [0.1, 0.15) is 6.92 Å². The Morgan fingerprint density at radius 1 is 1.58 bits per heavy atom. The molecule has 0 aromatic carbocycles. The molecule has 0 saturated heterocycles. The Labute approximate surface area is 74.3 Å². The van der Waals surface area contributed by atoms with Gasteiger partial charge in [0.1, 0.15) is 0 Å². The van der Waals surface area contributed by atoms with Gasteiger partial charge in [0.15, 0.2) is 0 Å². The van der Waals surface area contributed by atoms with Crippen molar-refractivity contribution in [3.05, 3.63) is 36.5 Å². The maximum Gasteiger partial charge on any atom is 0.0556 e. The van der Waals surface area contributed by atoms with E-state index in [0.717, 1.165) is 12.1 Å². The Kier molecular flexibility index (Phi) is 7.65. The summed E-state index contributed by atoms with van der Waals surface area (Å²) in [7, 11) is 0. The smallest absolute Gasteiger partial charge is 0.0556 e. The molecule has 0 heterocycles. The minimum absolute atomic E-state index is 0.175. The molecule has 0 radical (unpaired) electrons. The van der Waals surface area contributed by atoms with E-state index < -0.39 is 0 Å². The first-order valence-electron chi connectivity index (χ1n) is 4.11. The molecule has 0 aromatic heterocycles. The molecule has 0 bridgehead atoms. The van der Waals surface area contributed by atoms with E-state index in [1.807, 2.05) is 31.2 Å². The summed E-state index contributed by atoms with van der Waals surface area (Å²) in [5, 5.41) is 11.6. The summed E-state index contributed by atoms with van der Waals surface area (Å²) in [5.74, 6) is 0. The number of aliphatic hydroxyl groups excluding tert-OH is 1. The van der Waals surface area contributed by atoms with Crippen LogP contribution in [0.15, 0.2) is 36.5 Å². The van der Waals surface area contributed by atoms with E-state index in [1.54, 1.807) is 0 Å². The van der Waals surface area contributed by atoms with Gasteiger partial charge in [-0.15, -0.1) is 0 Å². The van der Waals surface area contributed by atoms with Crippen LogP contribution < -0.4 is 5.32 Å². The van der Waals surface area contributed by atoms with Crippen molar-refractivity contribution < 1.29 is 5.11 Å². The topological polar surface area (TPSA) is 32.3 Å². The van der Waals surface area contributed by atoms with Gasteiger partial charge in [-0.3, -0.25) is 0 Å². The summed E-state index contributed by atoms with van der Waals surface area (Å²) in [5.41, 5.74) is 1.13. The lowest BCUT2D eigenvalue weighted by Crippen LogP contribution is -2.20. The van der Waals surface area contributed by atoms with Crippen LogP contribution >= 0.6 is 0 Å². The summed E-state index contributed by atoms with van der Waals surface area (Å²) in [4.78, 5) is 0. The summed E-state index contributed by atoms with van der Waals surface area (Å²) in [6.07, 6.45) is 7.74. The molecule has 0 rings (SSSR count). The second-order valence-corrected chi connectivity index (χ2v) is 2.37. The highest BCUT2D eigenvalue weighted by Crippen LogP contribution is 1.93. The fourth-order valence-corrected chi connectivity index (χ4v) is 0.731. The van der Waals surface area contributed by atoms with Crippen molar-refractivity contribution in [2.24, 2.45) is 0 Å². The average molecular weight is 167 g/mol. The van der Waals surface area contributed by atoms with E-state index in [0.29, 0.717) is 6.54 Å². The molecule has 0 saturated carbocycles. The van der Waals surface area contributed by atoms with Crippen molar-refractivity contribution in [3.63, 3.8) is 0 Å². The predicted molar refractivity (Wildman–Crippen MR) is 53.0 cm³/mol. The fourth-order valence-electron chi connectivity index (χ4n) is 0.731. The second-order valence-electron chi connectivity index (χ2n) is 2.37. The van der Waals surface area contributed by atoms with Gasteiger partial charge in [-0.1, -0.05) is 30.9 Å². The van der Waals surface area contributed by atoms with E-state index in [9.17, 15) is 0 Å². The zero-order valence-corrected chi connectivity index (χ0v) is 7.59. The maximum atomic E-state index is 8.51. The highest BCUT2D eigenvalue weighted by molar-refractivity contribution is 5.23. The van der Waals surface area contributed by atoms with Gasteiger partial charge < -0.3 is 10.4 Å². The van der Waals surface area contributed by atoms with Crippen LogP contribution in [-0.4, -0.2) is 24.8 Å². The quantitative estimate of drug-likeness (QED) is 0.461. The molecule has 2 heteroatoms. The van der Waals surface area contributed by atoms with Crippen molar-refractivity contribution in [3.8, 4) is 0 Å². The highest BCUT2D eigenvalue weighted by Gasteiger charge is 1.88. The van der Waals surface area contributed by atoms with Crippen molar-refractivity contribution >= 4 is 0 Å². The van der Waals surface area contributed by atoms with E-state index in [4.69, 9.17) is 5.11 Å². The van der Waals surface area contributed by atoms with Gasteiger partial charge in [-0.05, 0) is 12.5 Å². The largest absolute Gasteiger partial charge is 0.395 e.